The van der Waals surface area contributed by atoms with Gasteiger partial charge in [0, 0.05) is 35.3 Å². The first kappa shape index (κ1) is 19.2. The highest BCUT2D eigenvalue weighted by Gasteiger charge is 2.15. The molecular weight excluding hydrogens is 360 g/mol. The molecule has 0 atom stereocenters. The number of hydrogen-bond donors (Lipinski definition) is 0. The number of fused-ring (bicyclic) bond motifs is 2. The highest BCUT2D eigenvalue weighted by atomic mass is 16.5. The van der Waals surface area contributed by atoms with Gasteiger partial charge in [0.25, 0.3) is 0 Å². The molecule has 4 aromatic rings. The van der Waals surface area contributed by atoms with Gasteiger partial charge in [0.05, 0.1) is 19.7 Å². The largest absolute Gasteiger partial charge is 0.493 e. The predicted molar refractivity (Wildman–Crippen MR) is 118 cm³/mol. The second kappa shape index (κ2) is 8.08. The summed E-state index contributed by atoms with van der Waals surface area (Å²) in [7, 11) is 3.34. The summed E-state index contributed by atoms with van der Waals surface area (Å²) < 4.78 is 11.1. The maximum absolute atomic E-state index is 5.57. The lowest BCUT2D eigenvalue weighted by Crippen LogP contribution is -2.02. The molecule has 4 heteroatoms. The number of ether oxygens (including phenoxy) is 2. The fourth-order valence-corrected chi connectivity index (χ4v) is 3.80. The van der Waals surface area contributed by atoms with Crippen molar-refractivity contribution < 1.29 is 9.47 Å². The maximum atomic E-state index is 5.57. The SMILES string of the molecule is COc1cc2c(Cc3cnc4ccccc4c3)cnc(CC(C)C)c2cc1OC. The number of aromatic nitrogens is 2. The Labute approximate surface area is 171 Å². The number of rotatable bonds is 6. The summed E-state index contributed by atoms with van der Waals surface area (Å²) in [6.07, 6.45) is 5.64. The van der Waals surface area contributed by atoms with E-state index in [0.29, 0.717) is 5.92 Å². The highest BCUT2D eigenvalue weighted by Crippen LogP contribution is 2.36. The first-order chi connectivity index (χ1) is 14.1. The molecule has 0 saturated carbocycles. The molecule has 2 heterocycles. The third-order valence-electron chi connectivity index (χ3n) is 5.20. The van der Waals surface area contributed by atoms with Crippen molar-refractivity contribution >= 4 is 21.7 Å². The Bertz CT molecular complexity index is 1170. The van der Waals surface area contributed by atoms with Crippen LogP contribution in [-0.4, -0.2) is 24.2 Å². The molecule has 0 radical (unpaired) electrons. The van der Waals surface area contributed by atoms with Gasteiger partial charge in [-0.25, -0.2) is 0 Å². The predicted octanol–water partition coefficient (Wildman–Crippen LogP) is 5.59. The Balaban J connectivity index is 1.84. The fourth-order valence-electron chi connectivity index (χ4n) is 3.80. The van der Waals surface area contributed by atoms with Crippen LogP contribution in [0.4, 0.5) is 0 Å². The van der Waals surface area contributed by atoms with Crippen molar-refractivity contribution in [3.8, 4) is 11.5 Å². The standard InChI is InChI=1S/C25H26N2O2/c1-16(2)9-23-21-13-25(29-4)24(28-3)12-20(21)19(15-27-23)11-17-10-18-7-5-6-8-22(18)26-14-17/h5-8,10,12-16H,9,11H2,1-4H3. The smallest absolute Gasteiger partial charge is 0.161 e. The van der Waals surface area contributed by atoms with E-state index in [1.54, 1.807) is 14.2 Å². The van der Waals surface area contributed by atoms with Gasteiger partial charge in [-0.15, -0.1) is 0 Å². The molecule has 4 rings (SSSR count). The summed E-state index contributed by atoms with van der Waals surface area (Å²) in [4.78, 5) is 9.43. The Hall–Kier alpha value is -3.14. The summed E-state index contributed by atoms with van der Waals surface area (Å²) in [5.41, 5.74) is 4.43. The van der Waals surface area contributed by atoms with Gasteiger partial charge in [-0.1, -0.05) is 32.0 Å². The van der Waals surface area contributed by atoms with Gasteiger partial charge in [0.1, 0.15) is 0 Å². The molecule has 0 bridgehead atoms. The molecule has 0 fully saturated rings. The molecular formula is C25H26N2O2. The van der Waals surface area contributed by atoms with Gasteiger partial charge >= 0.3 is 0 Å². The number of benzene rings is 2. The second-order valence-corrected chi connectivity index (χ2v) is 7.79. The van der Waals surface area contributed by atoms with E-state index in [1.165, 1.54) is 0 Å². The van der Waals surface area contributed by atoms with Crippen LogP contribution in [0.25, 0.3) is 21.7 Å². The van der Waals surface area contributed by atoms with Crippen molar-refractivity contribution in [2.45, 2.75) is 26.7 Å². The first-order valence-electron chi connectivity index (χ1n) is 9.95. The third kappa shape index (κ3) is 3.88. The fraction of sp³-hybridized carbons (Fsp3) is 0.280. The molecule has 0 unspecified atom stereocenters. The molecule has 0 amide bonds. The van der Waals surface area contributed by atoms with Crippen LogP contribution in [0.15, 0.2) is 54.9 Å². The van der Waals surface area contributed by atoms with Gasteiger partial charge in [0.15, 0.2) is 11.5 Å². The summed E-state index contributed by atoms with van der Waals surface area (Å²) in [5.74, 6) is 1.99. The van der Waals surface area contributed by atoms with E-state index in [2.05, 4.69) is 43.1 Å². The first-order valence-corrected chi connectivity index (χ1v) is 9.95. The summed E-state index contributed by atoms with van der Waals surface area (Å²) in [5, 5.41) is 3.43. The Morgan fingerprint density at radius 1 is 0.862 bits per heavy atom. The van der Waals surface area contributed by atoms with Crippen molar-refractivity contribution in [3.63, 3.8) is 0 Å². The topological polar surface area (TPSA) is 44.2 Å². The molecule has 0 N–H and O–H groups in total. The van der Waals surface area contributed by atoms with E-state index < -0.39 is 0 Å². The van der Waals surface area contributed by atoms with Gasteiger partial charge in [-0.05, 0) is 53.1 Å². The van der Waals surface area contributed by atoms with E-state index >= 15 is 0 Å². The van der Waals surface area contributed by atoms with E-state index in [4.69, 9.17) is 14.5 Å². The van der Waals surface area contributed by atoms with Crippen LogP contribution < -0.4 is 9.47 Å². The molecule has 0 aliphatic heterocycles. The minimum Gasteiger partial charge on any atom is -0.493 e. The Kier molecular flexibility index (Phi) is 5.34. The zero-order valence-corrected chi connectivity index (χ0v) is 17.4. The number of pyridine rings is 2. The lowest BCUT2D eigenvalue weighted by atomic mass is 9.96. The number of methoxy groups -OCH3 is 2. The summed E-state index contributed by atoms with van der Waals surface area (Å²) in [6.45, 7) is 4.42. The van der Waals surface area contributed by atoms with Crippen LogP contribution in [0, 0.1) is 5.92 Å². The third-order valence-corrected chi connectivity index (χ3v) is 5.20. The average molecular weight is 386 g/mol. The van der Waals surface area contributed by atoms with Gasteiger partial charge in [-0.3, -0.25) is 9.97 Å². The van der Waals surface area contributed by atoms with Crippen LogP contribution in [0.3, 0.4) is 0 Å². The zero-order valence-electron chi connectivity index (χ0n) is 17.4. The molecule has 29 heavy (non-hydrogen) atoms. The molecule has 0 saturated heterocycles. The zero-order chi connectivity index (χ0) is 20.4. The molecule has 0 aliphatic rings. The Morgan fingerprint density at radius 3 is 2.31 bits per heavy atom. The average Bonchev–Trinajstić information content (AvgIpc) is 2.74. The molecule has 148 valence electrons. The molecule has 0 aliphatic carbocycles. The summed E-state index contributed by atoms with van der Waals surface area (Å²) in [6, 6.07) is 14.5. The lowest BCUT2D eigenvalue weighted by Gasteiger charge is -2.15. The number of nitrogens with zero attached hydrogens (tertiary/aromatic N) is 2. The quantitative estimate of drug-likeness (QED) is 0.433. The second-order valence-electron chi connectivity index (χ2n) is 7.79. The van der Waals surface area contributed by atoms with Crippen LogP contribution in [0.5, 0.6) is 11.5 Å². The number of para-hydroxylation sites is 1. The van der Waals surface area contributed by atoms with Gasteiger partial charge < -0.3 is 9.47 Å². The van der Waals surface area contributed by atoms with E-state index in [1.807, 2.05) is 30.6 Å². The summed E-state index contributed by atoms with van der Waals surface area (Å²) >= 11 is 0. The van der Waals surface area contributed by atoms with E-state index in [9.17, 15) is 0 Å². The lowest BCUT2D eigenvalue weighted by molar-refractivity contribution is 0.356. The maximum Gasteiger partial charge on any atom is 0.161 e. The molecule has 2 aromatic carbocycles. The van der Waals surface area contributed by atoms with E-state index in [-0.39, 0.29) is 0 Å². The minimum atomic E-state index is 0.523. The van der Waals surface area contributed by atoms with Crippen molar-refractivity contribution in [2.24, 2.45) is 5.92 Å². The van der Waals surface area contributed by atoms with Crippen LogP contribution in [0.2, 0.25) is 0 Å². The van der Waals surface area contributed by atoms with Gasteiger partial charge in [-0.2, -0.15) is 0 Å². The molecule has 0 spiro atoms. The minimum absolute atomic E-state index is 0.523. The number of hydrogen-bond acceptors (Lipinski definition) is 4. The van der Waals surface area contributed by atoms with Crippen LogP contribution in [0.1, 0.15) is 30.7 Å². The van der Waals surface area contributed by atoms with Crippen molar-refractivity contribution in [1.29, 1.82) is 0 Å². The van der Waals surface area contributed by atoms with Crippen molar-refractivity contribution in [2.75, 3.05) is 14.2 Å². The molecule has 2 aromatic heterocycles. The normalized spacial score (nSPS) is 11.3. The van der Waals surface area contributed by atoms with Gasteiger partial charge in [0.2, 0.25) is 0 Å². The van der Waals surface area contributed by atoms with Crippen LogP contribution >= 0.6 is 0 Å². The van der Waals surface area contributed by atoms with Crippen LogP contribution in [-0.2, 0) is 12.8 Å². The Morgan fingerprint density at radius 2 is 1.59 bits per heavy atom. The molecule has 4 nitrogen and oxygen atoms in total. The highest BCUT2D eigenvalue weighted by molar-refractivity contribution is 5.91. The van der Waals surface area contributed by atoms with Crippen molar-refractivity contribution in [3.05, 3.63) is 71.7 Å². The van der Waals surface area contributed by atoms with E-state index in [0.717, 1.165) is 62.8 Å². The monoisotopic (exact) mass is 386 g/mol. The van der Waals surface area contributed by atoms with Crippen molar-refractivity contribution in [1.82, 2.24) is 9.97 Å².